The van der Waals surface area contributed by atoms with Crippen molar-refractivity contribution in [3.8, 4) is 0 Å². The van der Waals surface area contributed by atoms with E-state index in [0.717, 1.165) is 11.6 Å². The lowest BCUT2D eigenvalue weighted by molar-refractivity contribution is -0.0268. The fourth-order valence-corrected chi connectivity index (χ4v) is 2.66. The number of nitrogens with one attached hydrogen (secondary N) is 2. The Morgan fingerprint density at radius 2 is 2.16 bits per heavy atom. The molecule has 1 aliphatic rings. The topological polar surface area (TPSA) is 99.8 Å². The molecule has 0 unspecified atom stereocenters. The third-order valence-electron chi connectivity index (χ3n) is 4.20. The zero-order valence-corrected chi connectivity index (χ0v) is 15.5. The number of carbonyl (C=O) groups is 1. The lowest BCUT2D eigenvalue weighted by Gasteiger charge is -2.31. The van der Waals surface area contributed by atoms with Gasteiger partial charge >= 0.3 is 0 Å². The maximum absolute atomic E-state index is 12.7. The minimum atomic E-state index is -0.297. The summed E-state index contributed by atoms with van der Waals surface area (Å²) in [6.45, 7) is 11.7. The van der Waals surface area contributed by atoms with Crippen LogP contribution in [0.5, 0.6) is 0 Å². The maximum Gasteiger partial charge on any atom is 0.272 e. The maximum atomic E-state index is 12.7. The van der Waals surface area contributed by atoms with Crippen molar-refractivity contribution in [2.75, 3.05) is 19.7 Å². The van der Waals surface area contributed by atoms with Crippen molar-refractivity contribution in [3.05, 3.63) is 29.4 Å². The molecule has 3 heterocycles. The Morgan fingerprint density at radius 3 is 2.76 bits per heavy atom. The van der Waals surface area contributed by atoms with Crippen molar-refractivity contribution in [1.82, 2.24) is 30.0 Å². The molecule has 0 radical (unpaired) electrons. The van der Waals surface area contributed by atoms with E-state index in [0.29, 0.717) is 31.2 Å². The molecule has 0 aliphatic carbocycles. The van der Waals surface area contributed by atoms with Crippen LogP contribution < -0.4 is 0 Å². The van der Waals surface area contributed by atoms with E-state index in [-0.39, 0.29) is 23.3 Å². The molecule has 136 valence electrons. The average Bonchev–Trinajstić information content (AvgIpc) is 3.23. The second kappa shape index (κ2) is 6.59. The zero-order chi connectivity index (χ0) is 18.2. The Labute approximate surface area is 147 Å². The summed E-state index contributed by atoms with van der Waals surface area (Å²) in [5.41, 5.74) is 0.375. The first-order valence-corrected chi connectivity index (χ1v) is 8.64. The first-order chi connectivity index (χ1) is 11.8. The molecule has 0 aromatic carbocycles. The van der Waals surface area contributed by atoms with Gasteiger partial charge in [-0.25, -0.2) is 9.97 Å². The smallest absolute Gasteiger partial charge is 0.272 e. The fourth-order valence-electron chi connectivity index (χ4n) is 2.66. The van der Waals surface area contributed by atoms with Gasteiger partial charge in [0.25, 0.3) is 5.91 Å². The van der Waals surface area contributed by atoms with Gasteiger partial charge in [-0.05, 0) is 0 Å². The van der Waals surface area contributed by atoms with Gasteiger partial charge in [-0.2, -0.15) is 5.10 Å². The standard InChI is InChI=1S/C17H26N6O2/c1-10(2)13-18-8-11(19-13)15(24)23-6-7-25-12(9-23)14-20-16(22-21-14)17(3,4)5/h8,10,12H,6-7,9H2,1-5H3,(H,18,19)(H,20,21,22)/t12-/m0/s1. The Balaban J connectivity index is 1.72. The van der Waals surface area contributed by atoms with Gasteiger partial charge in [0, 0.05) is 17.9 Å². The third-order valence-corrected chi connectivity index (χ3v) is 4.20. The number of imidazole rings is 1. The third kappa shape index (κ3) is 3.73. The van der Waals surface area contributed by atoms with E-state index in [4.69, 9.17) is 4.74 Å². The van der Waals surface area contributed by atoms with Gasteiger partial charge in [0.05, 0.1) is 19.3 Å². The molecule has 8 nitrogen and oxygen atoms in total. The van der Waals surface area contributed by atoms with Crippen molar-refractivity contribution in [2.24, 2.45) is 0 Å². The molecule has 2 aromatic heterocycles. The summed E-state index contributed by atoms with van der Waals surface area (Å²) in [5.74, 6) is 2.41. The number of H-pyrrole nitrogens is 2. The number of rotatable bonds is 3. The molecule has 0 bridgehead atoms. The summed E-state index contributed by atoms with van der Waals surface area (Å²) in [7, 11) is 0. The van der Waals surface area contributed by atoms with Crippen molar-refractivity contribution < 1.29 is 9.53 Å². The highest BCUT2D eigenvalue weighted by Crippen LogP contribution is 2.24. The van der Waals surface area contributed by atoms with Crippen LogP contribution >= 0.6 is 0 Å². The second-order valence-corrected chi connectivity index (χ2v) is 7.74. The molecule has 25 heavy (non-hydrogen) atoms. The number of hydrogen-bond donors (Lipinski definition) is 2. The molecule has 1 aliphatic heterocycles. The number of morpholine rings is 1. The highest BCUT2D eigenvalue weighted by Gasteiger charge is 2.30. The molecule has 2 N–H and O–H groups in total. The highest BCUT2D eigenvalue weighted by atomic mass is 16.5. The Bertz CT molecular complexity index is 742. The largest absolute Gasteiger partial charge is 0.367 e. The number of aromatic amines is 2. The molecule has 1 atom stereocenters. The van der Waals surface area contributed by atoms with Crippen molar-refractivity contribution in [3.63, 3.8) is 0 Å². The van der Waals surface area contributed by atoms with Crippen LogP contribution in [0.2, 0.25) is 0 Å². The molecule has 1 amide bonds. The lowest BCUT2D eigenvalue weighted by Crippen LogP contribution is -2.42. The molecule has 1 saturated heterocycles. The summed E-state index contributed by atoms with van der Waals surface area (Å²) in [6, 6.07) is 0. The van der Waals surface area contributed by atoms with Crippen LogP contribution in [0.3, 0.4) is 0 Å². The lowest BCUT2D eigenvalue weighted by atomic mass is 9.96. The van der Waals surface area contributed by atoms with E-state index in [2.05, 4.69) is 45.9 Å². The molecule has 2 aromatic rings. The number of amides is 1. The van der Waals surface area contributed by atoms with Crippen LogP contribution in [-0.4, -0.2) is 55.7 Å². The normalized spacial score (nSPS) is 18.8. The number of nitrogens with zero attached hydrogens (tertiary/aromatic N) is 4. The molecule has 1 fully saturated rings. The molecule has 0 spiro atoms. The van der Waals surface area contributed by atoms with Gasteiger partial charge < -0.3 is 14.6 Å². The SMILES string of the molecule is CC(C)c1ncc(C(=O)N2CCO[C@H](c3nc(C(C)(C)C)n[nH]3)C2)[nH]1. The van der Waals surface area contributed by atoms with Gasteiger partial charge in [-0.15, -0.1) is 0 Å². The van der Waals surface area contributed by atoms with E-state index in [1.54, 1.807) is 11.1 Å². The summed E-state index contributed by atoms with van der Waals surface area (Å²) >= 11 is 0. The predicted octanol–water partition coefficient (Wildman–Crippen LogP) is 2.16. The summed E-state index contributed by atoms with van der Waals surface area (Å²) in [6.07, 6.45) is 1.31. The van der Waals surface area contributed by atoms with Gasteiger partial charge in [0.2, 0.25) is 0 Å². The summed E-state index contributed by atoms with van der Waals surface area (Å²) in [5, 5.41) is 7.23. The Kier molecular flexibility index (Phi) is 4.64. The van der Waals surface area contributed by atoms with Gasteiger partial charge in [0.1, 0.15) is 17.6 Å². The number of ether oxygens (including phenoxy) is 1. The van der Waals surface area contributed by atoms with E-state index in [1.165, 1.54) is 0 Å². The van der Waals surface area contributed by atoms with Crippen molar-refractivity contribution in [1.29, 1.82) is 0 Å². The minimum Gasteiger partial charge on any atom is -0.367 e. The fraction of sp³-hybridized carbons (Fsp3) is 0.647. The van der Waals surface area contributed by atoms with E-state index in [9.17, 15) is 4.79 Å². The van der Waals surface area contributed by atoms with Crippen LogP contribution in [0, 0.1) is 0 Å². The quantitative estimate of drug-likeness (QED) is 0.887. The monoisotopic (exact) mass is 346 g/mol. The minimum absolute atomic E-state index is 0.0664. The first-order valence-electron chi connectivity index (χ1n) is 8.64. The van der Waals surface area contributed by atoms with Crippen molar-refractivity contribution >= 4 is 5.91 Å². The number of hydrogen-bond acceptors (Lipinski definition) is 5. The van der Waals surface area contributed by atoms with Gasteiger partial charge in [0.15, 0.2) is 11.6 Å². The van der Waals surface area contributed by atoms with Crippen LogP contribution in [0.15, 0.2) is 6.20 Å². The van der Waals surface area contributed by atoms with E-state index < -0.39 is 0 Å². The van der Waals surface area contributed by atoms with Gasteiger partial charge in [-0.1, -0.05) is 34.6 Å². The molecular formula is C17H26N6O2. The van der Waals surface area contributed by atoms with Gasteiger partial charge in [-0.3, -0.25) is 9.89 Å². The molecule has 3 rings (SSSR count). The van der Waals surface area contributed by atoms with Crippen LogP contribution in [0.25, 0.3) is 0 Å². The number of aromatic nitrogens is 5. The van der Waals surface area contributed by atoms with Crippen LogP contribution in [0.1, 0.15) is 74.6 Å². The predicted molar refractivity (Wildman–Crippen MR) is 92.4 cm³/mol. The molecule has 0 saturated carbocycles. The first kappa shape index (κ1) is 17.6. The molecular weight excluding hydrogens is 320 g/mol. The average molecular weight is 346 g/mol. The Hall–Kier alpha value is -2.22. The summed E-state index contributed by atoms with van der Waals surface area (Å²) in [4.78, 5) is 26.4. The van der Waals surface area contributed by atoms with E-state index in [1.807, 2.05) is 13.8 Å². The second-order valence-electron chi connectivity index (χ2n) is 7.74. The Morgan fingerprint density at radius 1 is 1.40 bits per heavy atom. The zero-order valence-electron chi connectivity index (χ0n) is 15.5. The van der Waals surface area contributed by atoms with Crippen LogP contribution in [-0.2, 0) is 10.2 Å². The summed E-state index contributed by atoms with van der Waals surface area (Å²) < 4.78 is 5.80. The van der Waals surface area contributed by atoms with Crippen molar-refractivity contribution in [2.45, 2.75) is 52.1 Å². The van der Waals surface area contributed by atoms with E-state index >= 15 is 0 Å². The van der Waals surface area contributed by atoms with Crippen LogP contribution in [0.4, 0.5) is 0 Å². The molecule has 8 heteroatoms. The highest BCUT2D eigenvalue weighted by molar-refractivity contribution is 5.92. The number of carbonyl (C=O) groups excluding carboxylic acids is 1.